The number of rotatable bonds is 4. The van der Waals surface area contributed by atoms with Crippen LogP contribution >= 0.6 is 24.0 Å². The van der Waals surface area contributed by atoms with E-state index in [9.17, 15) is 20.0 Å². The first kappa shape index (κ1) is 17.9. The summed E-state index contributed by atoms with van der Waals surface area (Å²) in [5.41, 5.74) is 0.488. The molecule has 26 heavy (non-hydrogen) atoms. The van der Waals surface area contributed by atoms with Crippen LogP contribution in [0.15, 0.2) is 47.4 Å². The zero-order valence-corrected chi connectivity index (χ0v) is 15.0. The summed E-state index contributed by atoms with van der Waals surface area (Å²) < 4.78 is 5.34. The lowest BCUT2D eigenvalue weighted by Crippen LogP contribution is -2.27. The lowest BCUT2D eigenvalue weighted by Gasteiger charge is -2.13. The van der Waals surface area contributed by atoms with Crippen molar-refractivity contribution >= 4 is 51.7 Å². The number of anilines is 1. The van der Waals surface area contributed by atoms with E-state index in [0.29, 0.717) is 20.5 Å². The summed E-state index contributed by atoms with van der Waals surface area (Å²) >= 11 is 6.38. The Balaban J connectivity index is 2.01. The Morgan fingerprint density at radius 2 is 2.00 bits per heavy atom. The average Bonchev–Trinajstić information content (AvgIpc) is 2.90. The Kier molecular flexibility index (Phi) is 4.92. The standard InChI is InChI=1S/C17H12N2O5S2/c1-24-13-8-10(7-12(15(13)20)19(22)23)9-14-16(21)18(17(25)26-14)11-5-3-2-4-6-11/h2-9,20H,1H3. The van der Waals surface area contributed by atoms with Gasteiger partial charge in [0.2, 0.25) is 5.75 Å². The molecule has 1 aliphatic heterocycles. The number of nitro groups is 1. The third-order valence-electron chi connectivity index (χ3n) is 3.60. The number of phenols is 1. The van der Waals surface area contributed by atoms with Gasteiger partial charge in [0.15, 0.2) is 10.1 Å². The summed E-state index contributed by atoms with van der Waals surface area (Å²) in [5, 5.41) is 20.9. The van der Waals surface area contributed by atoms with E-state index in [0.717, 1.165) is 11.8 Å². The van der Waals surface area contributed by atoms with Gasteiger partial charge >= 0.3 is 5.69 Å². The summed E-state index contributed by atoms with van der Waals surface area (Å²) in [6.07, 6.45) is 1.48. The quantitative estimate of drug-likeness (QED) is 0.369. The van der Waals surface area contributed by atoms with Crippen LogP contribution in [0.2, 0.25) is 0 Å². The molecule has 0 bridgehead atoms. The minimum absolute atomic E-state index is 0.0519. The second-order valence-electron chi connectivity index (χ2n) is 5.20. The number of nitro benzene ring substituents is 1. The van der Waals surface area contributed by atoms with E-state index in [1.54, 1.807) is 24.3 Å². The largest absolute Gasteiger partial charge is 0.500 e. The van der Waals surface area contributed by atoms with Gasteiger partial charge in [-0.25, -0.2) is 0 Å². The molecule has 0 atom stereocenters. The third-order valence-corrected chi connectivity index (χ3v) is 4.90. The molecule has 0 aliphatic carbocycles. The van der Waals surface area contributed by atoms with Crippen LogP contribution in [0.1, 0.15) is 5.56 Å². The molecule has 0 radical (unpaired) electrons. The maximum absolute atomic E-state index is 12.7. The number of aromatic hydroxyl groups is 1. The first-order chi connectivity index (χ1) is 12.4. The molecule has 1 heterocycles. The minimum atomic E-state index is -0.718. The first-order valence-electron chi connectivity index (χ1n) is 7.30. The van der Waals surface area contributed by atoms with Crippen molar-refractivity contribution < 1.29 is 19.6 Å². The van der Waals surface area contributed by atoms with Crippen molar-refractivity contribution in [2.45, 2.75) is 0 Å². The van der Waals surface area contributed by atoms with Crippen molar-refractivity contribution in [1.29, 1.82) is 0 Å². The lowest BCUT2D eigenvalue weighted by molar-refractivity contribution is -0.386. The molecule has 2 aromatic carbocycles. The molecule has 0 aromatic heterocycles. The van der Waals surface area contributed by atoms with Crippen molar-refractivity contribution in [2.24, 2.45) is 0 Å². The fourth-order valence-corrected chi connectivity index (χ4v) is 3.71. The van der Waals surface area contributed by atoms with Gasteiger partial charge in [-0.05, 0) is 29.8 Å². The molecule has 9 heteroatoms. The maximum atomic E-state index is 12.7. The highest BCUT2D eigenvalue weighted by Gasteiger charge is 2.33. The summed E-state index contributed by atoms with van der Waals surface area (Å²) in [4.78, 5) is 24.8. The number of thiocarbonyl (C=S) groups is 1. The molecule has 1 aliphatic rings. The van der Waals surface area contributed by atoms with Gasteiger partial charge in [0.1, 0.15) is 0 Å². The van der Waals surface area contributed by atoms with Gasteiger partial charge in [0.25, 0.3) is 5.91 Å². The van der Waals surface area contributed by atoms with Gasteiger partial charge in [0.05, 0.1) is 22.6 Å². The molecule has 7 nitrogen and oxygen atoms in total. The highest BCUT2D eigenvalue weighted by Crippen LogP contribution is 2.40. The molecule has 1 fully saturated rings. The fourth-order valence-electron chi connectivity index (χ4n) is 2.41. The number of methoxy groups -OCH3 is 1. The smallest absolute Gasteiger partial charge is 0.315 e. The zero-order chi connectivity index (χ0) is 18.8. The van der Waals surface area contributed by atoms with Crippen LogP contribution in [0.4, 0.5) is 11.4 Å². The molecular formula is C17H12N2O5S2. The molecule has 0 saturated carbocycles. The third kappa shape index (κ3) is 3.26. The lowest BCUT2D eigenvalue weighted by atomic mass is 10.1. The van der Waals surface area contributed by atoms with Crippen molar-refractivity contribution in [2.75, 3.05) is 12.0 Å². The van der Waals surface area contributed by atoms with Gasteiger partial charge in [-0.3, -0.25) is 19.8 Å². The van der Waals surface area contributed by atoms with Crippen LogP contribution in [-0.2, 0) is 4.79 Å². The normalized spacial score (nSPS) is 15.6. The first-order valence-corrected chi connectivity index (χ1v) is 8.53. The number of benzene rings is 2. The maximum Gasteiger partial charge on any atom is 0.315 e. The Morgan fingerprint density at radius 1 is 1.31 bits per heavy atom. The van der Waals surface area contributed by atoms with Crippen LogP contribution in [0.5, 0.6) is 11.5 Å². The number of carbonyl (C=O) groups is 1. The van der Waals surface area contributed by atoms with E-state index in [-0.39, 0.29) is 11.7 Å². The van der Waals surface area contributed by atoms with Crippen LogP contribution in [0.25, 0.3) is 6.08 Å². The highest BCUT2D eigenvalue weighted by molar-refractivity contribution is 8.27. The van der Waals surface area contributed by atoms with Crippen LogP contribution in [0.3, 0.4) is 0 Å². The van der Waals surface area contributed by atoms with E-state index in [2.05, 4.69) is 0 Å². The van der Waals surface area contributed by atoms with Crippen molar-refractivity contribution in [3.05, 3.63) is 63.0 Å². The van der Waals surface area contributed by atoms with Crippen molar-refractivity contribution in [1.82, 2.24) is 0 Å². The predicted molar refractivity (Wildman–Crippen MR) is 103 cm³/mol. The van der Waals surface area contributed by atoms with E-state index in [4.69, 9.17) is 17.0 Å². The number of phenolic OH excluding ortho intramolecular Hbond substituents is 1. The molecule has 2 aromatic rings. The zero-order valence-electron chi connectivity index (χ0n) is 13.4. The number of hydrogen-bond acceptors (Lipinski definition) is 7. The van der Waals surface area contributed by atoms with E-state index < -0.39 is 16.4 Å². The minimum Gasteiger partial charge on any atom is -0.500 e. The molecule has 1 saturated heterocycles. The Hall–Kier alpha value is -2.91. The van der Waals surface area contributed by atoms with Crippen LogP contribution < -0.4 is 9.64 Å². The molecular weight excluding hydrogens is 376 g/mol. The number of amides is 1. The average molecular weight is 388 g/mol. The Bertz CT molecular complexity index is 944. The molecule has 0 unspecified atom stereocenters. The number of para-hydroxylation sites is 1. The van der Waals surface area contributed by atoms with Gasteiger partial charge in [-0.1, -0.05) is 42.2 Å². The van der Waals surface area contributed by atoms with Gasteiger partial charge in [-0.15, -0.1) is 0 Å². The van der Waals surface area contributed by atoms with Crippen LogP contribution in [0, 0.1) is 10.1 Å². The number of thioether (sulfide) groups is 1. The molecule has 1 amide bonds. The topological polar surface area (TPSA) is 92.9 Å². The molecule has 0 spiro atoms. The van der Waals surface area contributed by atoms with Gasteiger partial charge in [0, 0.05) is 6.07 Å². The van der Waals surface area contributed by atoms with Crippen molar-refractivity contribution in [3.63, 3.8) is 0 Å². The van der Waals surface area contributed by atoms with E-state index >= 15 is 0 Å². The second-order valence-corrected chi connectivity index (χ2v) is 6.88. The Labute approximate surface area is 158 Å². The molecule has 132 valence electrons. The number of carbonyl (C=O) groups excluding carboxylic acids is 1. The van der Waals surface area contributed by atoms with Gasteiger partial charge in [-0.2, -0.15) is 0 Å². The summed E-state index contributed by atoms with van der Waals surface area (Å²) in [6, 6.07) is 11.5. The second kappa shape index (κ2) is 7.14. The summed E-state index contributed by atoms with van der Waals surface area (Å²) in [7, 11) is 1.29. The summed E-state index contributed by atoms with van der Waals surface area (Å²) in [6.45, 7) is 0. The van der Waals surface area contributed by atoms with Crippen LogP contribution in [-0.4, -0.2) is 27.4 Å². The fraction of sp³-hybridized carbons (Fsp3) is 0.0588. The van der Waals surface area contributed by atoms with Gasteiger partial charge < -0.3 is 9.84 Å². The number of nitrogens with zero attached hydrogens (tertiary/aromatic N) is 2. The summed E-state index contributed by atoms with van der Waals surface area (Å²) in [5.74, 6) is -0.934. The molecule has 3 rings (SSSR count). The number of ether oxygens (including phenoxy) is 1. The molecule has 1 N–H and O–H groups in total. The van der Waals surface area contributed by atoms with E-state index in [1.807, 2.05) is 6.07 Å². The predicted octanol–water partition coefficient (Wildman–Crippen LogP) is 3.71. The van der Waals surface area contributed by atoms with E-state index in [1.165, 1.54) is 30.2 Å². The van der Waals surface area contributed by atoms with Crippen molar-refractivity contribution in [3.8, 4) is 11.5 Å². The highest BCUT2D eigenvalue weighted by atomic mass is 32.2. The number of hydrogen-bond donors (Lipinski definition) is 1. The SMILES string of the molecule is COc1cc(C=C2SC(=S)N(c3ccccc3)C2=O)cc([N+](=O)[O-])c1O. The Morgan fingerprint density at radius 3 is 2.62 bits per heavy atom. The monoisotopic (exact) mass is 388 g/mol.